The summed E-state index contributed by atoms with van der Waals surface area (Å²) in [5, 5.41) is 9.59. The maximum atomic E-state index is 13.0. The summed E-state index contributed by atoms with van der Waals surface area (Å²) in [5.74, 6) is 1.62. The summed E-state index contributed by atoms with van der Waals surface area (Å²) < 4.78 is 21.7. The van der Waals surface area contributed by atoms with Crippen LogP contribution in [0.5, 0.6) is 17.2 Å². The molecular formula is C25H30N2O7. The number of carboxylic acid groups (broad SMARTS) is 1. The van der Waals surface area contributed by atoms with Crippen molar-refractivity contribution in [2.75, 3.05) is 40.6 Å². The Morgan fingerprint density at radius 2 is 1.82 bits per heavy atom. The summed E-state index contributed by atoms with van der Waals surface area (Å²) in [7, 11) is 3.37. The Labute approximate surface area is 198 Å². The molecule has 2 heterocycles. The normalized spacial score (nSPS) is 21.3. The van der Waals surface area contributed by atoms with Crippen molar-refractivity contribution in [2.24, 2.45) is 0 Å². The van der Waals surface area contributed by atoms with Crippen LogP contribution in [0.3, 0.4) is 0 Å². The highest BCUT2D eigenvalue weighted by Crippen LogP contribution is 2.45. The second-order valence-corrected chi connectivity index (χ2v) is 8.53. The molecule has 0 spiro atoms. The highest BCUT2D eigenvalue weighted by atomic mass is 16.7. The van der Waals surface area contributed by atoms with Crippen molar-refractivity contribution in [3.63, 3.8) is 0 Å². The smallest absolute Gasteiger partial charge is 0.497 e. The summed E-state index contributed by atoms with van der Waals surface area (Å²) in [6, 6.07) is 12.6. The van der Waals surface area contributed by atoms with Crippen LogP contribution < -0.4 is 14.2 Å². The molecule has 2 aromatic carbocycles. The molecule has 0 radical (unpaired) electrons. The summed E-state index contributed by atoms with van der Waals surface area (Å²) in [6.07, 6.45) is -1.23. The Balaban J connectivity index is 1.71. The van der Waals surface area contributed by atoms with Crippen molar-refractivity contribution in [1.29, 1.82) is 0 Å². The standard InChI is InChI=1S/C25H30N2O7/c1-4-11-26(2)22(28)14-27-13-19(17-7-10-20-21(12-17)33-15-32-20)24(34-25(29)30)23(27)16-5-8-18(31-3)9-6-16/h5-10,12,19,23-24H,4,11,13-15H2,1-3H3,(H,29,30)/t19-,23-,24+/m1/s1. The van der Waals surface area contributed by atoms with E-state index in [-0.39, 0.29) is 25.2 Å². The third-order valence-corrected chi connectivity index (χ3v) is 6.37. The monoisotopic (exact) mass is 470 g/mol. The fourth-order valence-corrected chi connectivity index (χ4v) is 4.72. The van der Waals surface area contributed by atoms with Crippen molar-refractivity contribution in [2.45, 2.75) is 31.4 Å². The first-order valence-corrected chi connectivity index (χ1v) is 11.3. The van der Waals surface area contributed by atoms with E-state index in [1.54, 1.807) is 19.1 Å². The molecular weight excluding hydrogens is 440 g/mol. The number of amides is 1. The van der Waals surface area contributed by atoms with Crippen LogP contribution in [-0.2, 0) is 9.53 Å². The average molecular weight is 471 g/mol. The number of likely N-dealkylation sites (N-methyl/N-ethyl adjacent to an activating group) is 1. The van der Waals surface area contributed by atoms with Crippen molar-refractivity contribution < 1.29 is 33.6 Å². The van der Waals surface area contributed by atoms with Gasteiger partial charge in [0.25, 0.3) is 0 Å². The van der Waals surface area contributed by atoms with Crippen LogP contribution in [0.2, 0.25) is 0 Å². The number of carbonyl (C=O) groups excluding carboxylic acids is 1. The van der Waals surface area contributed by atoms with Crippen LogP contribution in [0, 0.1) is 0 Å². The van der Waals surface area contributed by atoms with Gasteiger partial charge in [0.05, 0.1) is 19.7 Å². The number of hydrogen-bond acceptors (Lipinski definition) is 7. The van der Waals surface area contributed by atoms with Gasteiger partial charge in [-0.15, -0.1) is 0 Å². The molecule has 0 bridgehead atoms. The van der Waals surface area contributed by atoms with Gasteiger partial charge in [-0.05, 0) is 41.8 Å². The van der Waals surface area contributed by atoms with E-state index in [9.17, 15) is 14.7 Å². The van der Waals surface area contributed by atoms with Crippen LogP contribution in [-0.4, -0.2) is 73.7 Å². The predicted octanol–water partition coefficient (Wildman–Crippen LogP) is 3.50. The molecule has 9 heteroatoms. The lowest BCUT2D eigenvalue weighted by molar-refractivity contribution is -0.131. The van der Waals surface area contributed by atoms with E-state index in [4.69, 9.17) is 18.9 Å². The molecule has 0 unspecified atom stereocenters. The number of benzene rings is 2. The number of methoxy groups -OCH3 is 1. The van der Waals surface area contributed by atoms with Crippen molar-refractivity contribution in [3.05, 3.63) is 53.6 Å². The number of rotatable bonds is 8. The summed E-state index contributed by atoms with van der Waals surface area (Å²) in [5.41, 5.74) is 1.71. The van der Waals surface area contributed by atoms with Crippen molar-refractivity contribution in [1.82, 2.24) is 9.80 Å². The van der Waals surface area contributed by atoms with Gasteiger partial charge in [-0.2, -0.15) is 0 Å². The average Bonchev–Trinajstić information content (AvgIpc) is 3.43. The highest BCUT2D eigenvalue weighted by molar-refractivity contribution is 5.78. The second-order valence-electron chi connectivity index (χ2n) is 8.53. The molecule has 182 valence electrons. The number of likely N-dealkylation sites (tertiary alicyclic amines) is 1. The van der Waals surface area contributed by atoms with E-state index in [2.05, 4.69) is 0 Å². The number of ether oxygens (including phenoxy) is 4. The van der Waals surface area contributed by atoms with E-state index >= 15 is 0 Å². The number of fused-ring (bicyclic) bond motifs is 1. The van der Waals surface area contributed by atoms with Crippen LogP contribution >= 0.6 is 0 Å². The highest BCUT2D eigenvalue weighted by Gasteiger charge is 2.47. The van der Waals surface area contributed by atoms with Crippen LogP contribution in [0.15, 0.2) is 42.5 Å². The van der Waals surface area contributed by atoms with E-state index in [0.29, 0.717) is 30.3 Å². The Morgan fingerprint density at radius 1 is 1.12 bits per heavy atom. The van der Waals surface area contributed by atoms with Crippen LogP contribution in [0.4, 0.5) is 4.79 Å². The van der Waals surface area contributed by atoms with Gasteiger partial charge >= 0.3 is 6.16 Å². The van der Waals surface area contributed by atoms with E-state index < -0.39 is 18.3 Å². The third-order valence-electron chi connectivity index (χ3n) is 6.37. The van der Waals surface area contributed by atoms with Gasteiger partial charge in [-0.25, -0.2) is 4.79 Å². The minimum Gasteiger partial charge on any atom is -0.497 e. The van der Waals surface area contributed by atoms with Crippen LogP contribution in [0.1, 0.15) is 36.4 Å². The number of hydrogen-bond donors (Lipinski definition) is 1. The van der Waals surface area contributed by atoms with E-state index in [1.165, 1.54) is 0 Å². The maximum absolute atomic E-state index is 13.0. The Morgan fingerprint density at radius 3 is 2.50 bits per heavy atom. The van der Waals surface area contributed by atoms with Gasteiger partial charge in [0.2, 0.25) is 12.7 Å². The Kier molecular flexibility index (Phi) is 7.12. The Bertz CT molecular complexity index is 1030. The van der Waals surface area contributed by atoms with Gasteiger partial charge in [0.15, 0.2) is 11.5 Å². The molecule has 1 amide bonds. The first kappa shape index (κ1) is 23.7. The van der Waals surface area contributed by atoms with Gasteiger partial charge in [-0.3, -0.25) is 9.69 Å². The van der Waals surface area contributed by atoms with Crippen molar-refractivity contribution >= 4 is 12.1 Å². The molecule has 2 aliphatic heterocycles. The lowest BCUT2D eigenvalue weighted by Crippen LogP contribution is -2.40. The molecule has 34 heavy (non-hydrogen) atoms. The topological polar surface area (TPSA) is 97.8 Å². The first-order valence-electron chi connectivity index (χ1n) is 11.3. The fourth-order valence-electron chi connectivity index (χ4n) is 4.72. The van der Waals surface area contributed by atoms with Crippen molar-refractivity contribution in [3.8, 4) is 17.2 Å². The second kappa shape index (κ2) is 10.2. The lowest BCUT2D eigenvalue weighted by Gasteiger charge is -2.29. The molecule has 0 aromatic heterocycles. The van der Waals surface area contributed by atoms with Gasteiger partial charge in [-0.1, -0.05) is 25.1 Å². The maximum Gasteiger partial charge on any atom is 0.506 e. The molecule has 1 N–H and O–H groups in total. The van der Waals surface area contributed by atoms with Gasteiger partial charge < -0.3 is 29.0 Å². The molecule has 1 saturated heterocycles. The zero-order valence-electron chi connectivity index (χ0n) is 19.6. The minimum absolute atomic E-state index is 0.0271. The molecule has 1 fully saturated rings. The largest absolute Gasteiger partial charge is 0.506 e. The zero-order chi connectivity index (χ0) is 24.2. The summed E-state index contributed by atoms with van der Waals surface area (Å²) >= 11 is 0. The predicted molar refractivity (Wildman–Crippen MR) is 123 cm³/mol. The molecule has 0 saturated carbocycles. The fraction of sp³-hybridized carbons (Fsp3) is 0.440. The molecule has 4 rings (SSSR count). The summed E-state index contributed by atoms with van der Waals surface area (Å²) in [6.45, 7) is 3.41. The quantitative estimate of drug-likeness (QED) is 0.586. The third kappa shape index (κ3) is 4.89. The summed E-state index contributed by atoms with van der Waals surface area (Å²) in [4.78, 5) is 28.4. The zero-order valence-corrected chi connectivity index (χ0v) is 19.6. The number of nitrogens with zero attached hydrogens (tertiary/aromatic N) is 2. The first-order chi connectivity index (χ1) is 16.4. The Hall–Kier alpha value is -3.46. The van der Waals surface area contributed by atoms with Crippen LogP contribution in [0.25, 0.3) is 0 Å². The van der Waals surface area contributed by atoms with E-state index in [1.807, 2.05) is 54.3 Å². The lowest BCUT2D eigenvalue weighted by atomic mass is 9.90. The SMILES string of the molecule is CCCN(C)C(=O)CN1C[C@H](c2ccc3c(c2)OCO3)[C@H](OC(=O)O)[C@H]1c1ccc(OC)cc1. The molecule has 2 aliphatic rings. The molecule has 3 atom stereocenters. The molecule has 2 aromatic rings. The van der Waals surface area contributed by atoms with Gasteiger partial charge in [0.1, 0.15) is 11.9 Å². The van der Waals surface area contributed by atoms with Gasteiger partial charge in [0, 0.05) is 26.1 Å². The minimum atomic E-state index is -1.36. The van der Waals surface area contributed by atoms with E-state index in [0.717, 1.165) is 17.5 Å². The number of carbonyl (C=O) groups is 2. The molecule has 0 aliphatic carbocycles. The molecule has 9 nitrogen and oxygen atoms in total.